The lowest BCUT2D eigenvalue weighted by molar-refractivity contribution is -0.122. The molecule has 0 radical (unpaired) electrons. The summed E-state index contributed by atoms with van der Waals surface area (Å²) in [6.07, 6.45) is 1.54. The first kappa shape index (κ1) is 21.9. The number of hydrogen-bond acceptors (Lipinski definition) is 7. The number of thioether (sulfide) groups is 1. The van der Waals surface area contributed by atoms with Crippen LogP contribution in [-0.4, -0.2) is 49.7 Å². The predicted molar refractivity (Wildman–Crippen MR) is 117 cm³/mol. The van der Waals surface area contributed by atoms with E-state index in [9.17, 15) is 14.4 Å². The van der Waals surface area contributed by atoms with E-state index in [0.717, 1.165) is 21.1 Å². The second kappa shape index (κ2) is 9.36. The van der Waals surface area contributed by atoms with Crippen molar-refractivity contribution in [3.05, 3.63) is 56.9 Å². The molecule has 2 amide bonds. The van der Waals surface area contributed by atoms with E-state index in [-0.39, 0.29) is 17.2 Å². The second-order valence-electron chi connectivity index (χ2n) is 6.15. The standard InChI is InChI=1S/C21H18BrNO6S/c1-27-16-10-18(29-3)17(28-2)8-13(16)9-19-20(25)23(21(26)30-19)11-15(24)12-4-6-14(22)7-5-12/h4-10H,11H2,1-3H3/b19-9+. The molecular formula is C21H18BrNO6S. The summed E-state index contributed by atoms with van der Waals surface area (Å²) in [6.45, 7) is -0.327. The number of ketones is 1. The Morgan fingerprint density at radius 3 is 2.20 bits per heavy atom. The molecule has 1 fully saturated rings. The predicted octanol–water partition coefficient (Wildman–Crippen LogP) is 4.39. The highest BCUT2D eigenvalue weighted by Crippen LogP contribution is 2.38. The Labute approximate surface area is 186 Å². The Bertz CT molecular complexity index is 1030. The van der Waals surface area contributed by atoms with Gasteiger partial charge in [-0.2, -0.15) is 0 Å². The van der Waals surface area contributed by atoms with Crippen molar-refractivity contribution in [2.75, 3.05) is 27.9 Å². The van der Waals surface area contributed by atoms with Gasteiger partial charge in [-0.1, -0.05) is 28.1 Å². The summed E-state index contributed by atoms with van der Waals surface area (Å²) >= 11 is 4.07. The van der Waals surface area contributed by atoms with E-state index < -0.39 is 11.1 Å². The summed E-state index contributed by atoms with van der Waals surface area (Å²) < 4.78 is 16.7. The van der Waals surface area contributed by atoms with Gasteiger partial charge in [0.1, 0.15) is 5.75 Å². The molecule has 7 nitrogen and oxygen atoms in total. The van der Waals surface area contributed by atoms with E-state index >= 15 is 0 Å². The number of ether oxygens (including phenoxy) is 3. The maximum absolute atomic E-state index is 12.8. The summed E-state index contributed by atoms with van der Waals surface area (Å²) in [7, 11) is 4.49. The van der Waals surface area contributed by atoms with Crippen molar-refractivity contribution in [3.8, 4) is 17.2 Å². The van der Waals surface area contributed by atoms with E-state index in [0.29, 0.717) is 28.4 Å². The molecule has 1 heterocycles. The van der Waals surface area contributed by atoms with Crippen molar-refractivity contribution in [2.24, 2.45) is 0 Å². The lowest BCUT2D eigenvalue weighted by Gasteiger charge is -2.13. The third-order valence-electron chi connectivity index (χ3n) is 4.36. The van der Waals surface area contributed by atoms with Crippen LogP contribution >= 0.6 is 27.7 Å². The van der Waals surface area contributed by atoms with Crippen LogP contribution in [0.25, 0.3) is 6.08 Å². The molecule has 0 unspecified atom stereocenters. The van der Waals surface area contributed by atoms with Crippen LogP contribution in [0.3, 0.4) is 0 Å². The van der Waals surface area contributed by atoms with Crippen molar-refractivity contribution < 1.29 is 28.6 Å². The van der Waals surface area contributed by atoms with Gasteiger partial charge in [-0.15, -0.1) is 0 Å². The molecule has 9 heteroatoms. The number of carbonyl (C=O) groups is 3. The molecule has 0 saturated carbocycles. The molecule has 0 atom stereocenters. The van der Waals surface area contributed by atoms with Crippen molar-refractivity contribution >= 4 is 50.7 Å². The summed E-state index contributed by atoms with van der Waals surface area (Å²) in [4.78, 5) is 38.8. The van der Waals surface area contributed by atoms with Crippen molar-refractivity contribution in [3.63, 3.8) is 0 Å². The van der Waals surface area contributed by atoms with Crippen LogP contribution in [0.1, 0.15) is 15.9 Å². The van der Waals surface area contributed by atoms with Gasteiger partial charge in [-0.25, -0.2) is 0 Å². The van der Waals surface area contributed by atoms with E-state index in [2.05, 4.69) is 15.9 Å². The first-order valence-electron chi connectivity index (χ1n) is 8.72. The zero-order chi connectivity index (χ0) is 21.8. The quantitative estimate of drug-likeness (QED) is 0.419. The molecule has 0 bridgehead atoms. The minimum Gasteiger partial charge on any atom is -0.496 e. The van der Waals surface area contributed by atoms with Gasteiger partial charge < -0.3 is 14.2 Å². The van der Waals surface area contributed by atoms with E-state index in [1.165, 1.54) is 27.4 Å². The topological polar surface area (TPSA) is 82.1 Å². The highest BCUT2D eigenvalue weighted by Gasteiger charge is 2.36. The zero-order valence-corrected chi connectivity index (χ0v) is 18.8. The fourth-order valence-corrected chi connectivity index (χ4v) is 3.91. The van der Waals surface area contributed by atoms with E-state index in [1.54, 1.807) is 36.4 Å². The molecule has 1 aliphatic rings. The number of hydrogen-bond donors (Lipinski definition) is 0. The molecule has 0 aromatic heterocycles. The molecular weight excluding hydrogens is 474 g/mol. The average Bonchev–Trinajstić information content (AvgIpc) is 3.01. The van der Waals surface area contributed by atoms with E-state index in [4.69, 9.17) is 14.2 Å². The number of carbonyl (C=O) groups excluding carboxylic acids is 3. The molecule has 1 saturated heterocycles. The molecule has 1 aliphatic heterocycles. The highest BCUT2D eigenvalue weighted by atomic mass is 79.9. The van der Waals surface area contributed by atoms with Gasteiger partial charge in [0.05, 0.1) is 32.8 Å². The van der Waals surface area contributed by atoms with Crippen LogP contribution in [0.4, 0.5) is 4.79 Å². The number of Topliss-reactive ketones (excluding diaryl/α,β-unsaturated/α-hetero) is 1. The Hall–Kier alpha value is -2.78. The molecule has 0 N–H and O–H groups in total. The largest absolute Gasteiger partial charge is 0.496 e. The minimum atomic E-state index is -0.535. The highest BCUT2D eigenvalue weighted by molar-refractivity contribution is 9.10. The lowest BCUT2D eigenvalue weighted by atomic mass is 10.1. The van der Waals surface area contributed by atoms with Gasteiger partial charge in [0.2, 0.25) is 0 Å². The summed E-state index contributed by atoms with van der Waals surface area (Å²) in [5, 5.41) is -0.504. The molecule has 156 valence electrons. The third-order valence-corrected chi connectivity index (χ3v) is 5.80. The van der Waals surface area contributed by atoms with Gasteiger partial charge >= 0.3 is 0 Å². The van der Waals surface area contributed by atoms with Crippen LogP contribution in [-0.2, 0) is 4.79 Å². The van der Waals surface area contributed by atoms with Crippen molar-refractivity contribution in [2.45, 2.75) is 0 Å². The summed E-state index contributed by atoms with van der Waals surface area (Å²) in [6, 6.07) is 10.0. The van der Waals surface area contributed by atoms with Crippen LogP contribution in [0.15, 0.2) is 45.8 Å². The maximum atomic E-state index is 12.8. The maximum Gasteiger partial charge on any atom is 0.293 e. The van der Waals surface area contributed by atoms with Gasteiger partial charge in [0.15, 0.2) is 17.3 Å². The molecule has 0 aliphatic carbocycles. The van der Waals surface area contributed by atoms with Crippen molar-refractivity contribution in [1.29, 1.82) is 0 Å². The number of halogens is 1. The normalized spacial score (nSPS) is 14.9. The van der Waals surface area contributed by atoms with Gasteiger partial charge in [0.25, 0.3) is 11.1 Å². The van der Waals surface area contributed by atoms with Crippen LogP contribution in [0, 0.1) is 0 Å². The molecule has 2 aromatic carbocycles. The van der Waals surface area contributed by atoms with E-state index in [1.807, 2.05) is 0 Å². The fourth-order valence-electron chi connectivity index (χ4n) is 2.81. The lowest BCUT2D eigenvalue weighted by Crippen LogP contribution is -2.33. The monoisotopic (exact) mass is 491 g/mol. The van der Waals surface area contributed by atoms with Crippen LogP contribution in [0.5, 0.6) is 17.2 Å². The third kappa shape index (κ3) is 4.52. The number of imide groups is 1. The Balaban J connectivity index is 1.86. The van der Waals surface area contributed by atoms with Gasteiger partial charge in [-0.05, 0) is 36.0 Å². The molecule has 30 heavy (non-hydrogen) atoms. The smallest absolute Gasteiger partial charge is 0.293 e. The summed E-state index contributed by atoms with van der Waals surface area (Å²) in [5.41, 5.74) is 0.961. The Morgan fingerprint density at radius 2 is 1.60 bits per heavy atom. The van der Waals surface area contributed by atoms with Crippen molar-refractivity contribution in [1.82, 2.24) is 4.90 Å². The zero-order valence-electron chi connectivity index (χ0n) is 16.4. The molecule has 2 aromatic rings. The summed E-state index contributed by atoms with van der Waals surface area (Å²) in [5.74, 6) is 0.515. The number of nitrogens with zero attached hydrogens (tertiary/aromatic N) is 1. The number of benzene rings is 2. The Morgan fingerprint density at radius 1 is 1.00 bits per heavy atom. The minimum absolute atomic E-state index is 0.189. The number of methoxy groups -OCH3 is 3. The van der Waals surface area contributed by atoms with Crippen LogP contribution < -0.4 is 14.2 Å². The first-order valence-corrected chi connectivity index (χ1v) is 10.3. The first-order chi connectivity index (χ1) is 14.4. The van der Waals surface area contributed by atoms with Crippen LogP contribution in [0.2, 0.25) is 0 Å². The average molecular weight is 492 g/mol. The Kier molecular flexibility index (Phi) is 6.84. The molecule has 3 rings (SSSR count). The van der Waals surface area contributed by atoms with Gasteiger partial charge in [-0.3, -0.25) is 19.3 Å². The number of amides is 2. The fraction of sp³-hybridized carbons (Fsp3) is 0.190. The molecule has 0 spiro atoms. The second-order valence-corrected chi connectivity index (χ2v) is 8.06. The SMILES string of the molecule is COc1cc(OC)c(OC)cc1/C=C1/SC(=O)N(CC(=O)c2ccc(Br)cc2)C1=O. The van der Waals surface area contributed by atoms with Gasteiger partial charge in [0, 0.05) is 21.7 Å². The number of rotatable bonds is 7.